The molecule has 0 aromatic heterocycles. The largest absolute Gasteiger partial charge is 0.545 e. The average Bonchev–Trinajstić information content (AvgIpc) is 3.29. The molecule has 2 atom stereocenters. The van der Waals surface area contributed by atoms with E-state index >= 15 is 0 Å². The lowest BCUT2D eigenvalue weighted by atomic mass is 9.56. The number of quaternary nitrogens is 2. The van der Waals surface area contributed by atoms with Crippen molar-refractivity contribution in [2.45, 2.75) is 129 Å². The van der Waals surface area contributed by atoms with Crippen molar-refractivity contribution >= 4 is 23.5 Å². The number of fused-ring (bicyclic) bond motifs is 2. The van der Waals surface area contributed by atoms with E-state index in [4.69, 9.17) is 0 Å². The molecule has 8 heteroatoms. The van der Waals surface area contributed by atoms with Crippen LogP contribution >= 0.6 is 0 Å². The van der Waals surface area contributed by atoms with Crippen LogP contribution in [0, 0.1) is 22.7 Å². The zero-order valence-electron chi connectivity index (χ0n) is 35.9. The van der Waals surface area contributed by atoms with E-state index in [-0.39, 0.29) is 33.5 Å². The van der Waals surface area contributed by atoms with E-state index in [9.17, 15) is 29.4 Å². The van der Waals surface area contributed by atoms with Gasteiger partial charge >= 0.3 is 0 Å². The Labute approximate surface area is 357 Å². The Balaban J connectivity index is 0.000000163. The Morgan fingerprint density at radius 1 is 0.450 bits per heavy atom. The second-order valence-electron chi connectivity index (χ2n) is 17.7. The molecular weight excluding hydrogens is 749 g/mol. The number of hydrogen-bond acceptors (Lipinski definition) is 6. The molecule has 0 heterocycles. The van der Waals surface area contributed by atoms with E-state index in [0.717, 1.165) is 51.4 Å². The van der Waals surface area contributed by atoms with E-state index < -0.39 is 11.9 Å². The highest BCUT2D eigenvalue weighted by Crippen LogP contribution is 2.53. The summed E-state index contributed by atoms with van der Waals surface area (Å²) in [5, 5.41) is 21.6. The molecule has 0 amide bonds. The third kappa shape index (κ3) is 11.7. The van der Waals surface area contributed by atoms with Crippen molar-refractivity contribution in [2.75, 3.05) is 0 Å². The number of aromatic carboxylic acids is 2. The topological polar surface area (TPSA) is 170 Å². The van der Waals surface area contributed by atoms with Crippen molar-refractivity contribution in [2.24, 2.45) is 22.7 Å². The Morgan fingerprint density at radius 2 is 0.717 bits per heavy atom. The molecule has 0 unspecified atom stereocenters. The fourth-order valence-electron chi connectivity index (χ4n) is 10.3. The van der Waals surface area contributed by atoms with Crippen molar-refractivity contribution in [3.8, 4) is 0 Å². The number of Topliss-reactive ketones (excluding diaryl/α,β-unsaturated/α-hetero) is 2. The summed E-state index contributed by atoms with van der Waals surface area (Å²) in [6, 6.07) is 34.0. The molecule has 4 aliphatic carbocycles. The molecule has 8 rings (SSSR count). The van der Waals surface area contributed by atoms with Crippen LogP contribution in [0.5, 0.6) is 0 Å². The van der Waals surface area contributed by atoms with Gasteiger partial charge in [-0.1, -0.05) is 161 Å². The van der Waals surface area contributed by atoms with E-state index in [0.29, 0.717) is 35.0 Å². The SMILES string of the molecule is C[C@@H]([NH3+])c1ccccc1.C[C@@H]([NH3+])c1ccccc1.O=C([O-])c1ccc(C(=O)C23CCCCC2CCCC3)cc1.O=C([O-])c1ccc(C(=O)C23CCCCC2CCCC3)cc1. The quantitative estimate of drug-likeness (QED) is 0.171. The summed E-state index contributed by atoms with van der Waals surface area (Å²) in [5.74, 6) is -0.879. The molecule has 4 aliphatic rings. The van der Waals surface area contributed by atoms with E-state index in [1.54, 1.807) is 24.3 Å². The number of carboxylic acids is 2. The average molecular weight is 815 g/mol. The van der Waals surface area contributed by atoms with Crippen LogP contribution in [0.4, 0.5) is 0 Å². The van der Waals surface area contributed by atoms with Gasteiger partial charge in [0.2, 0.25) is 0 Å². The fourth-order valence-corrected chi connectivity index (χ4v) is 10.3. The molecule has 8 nitrogen and oxygen atoms in total. The number of rotatable bonds is 8. The molecule has 60 heavy (non-hydrogen) atoms. The number of hydrogen-bond donors (Lipinski definition) is 2. The highest BCUT2D eigenvalue weighted by molar-refractivity contribution is 6.02. The van der Waals surface area contributed by atoms with Crippen LogP contribution in [0.3, 0.4) is 0 Å². The first-order chi connectivity index (χ1) is 28.9. The van der Waals surface area contributed by atoms with Crippen LogP contribution in [0.15, 0.2) is 109 Å². The molecule has 4 saturated carbocycles. The van der Waals surface area contributed by atoms with Crippen molar-refractivity contribution in [1.29, 1.82) is 0 Å². The summed E-state index contributed by atoms with van der Waals surface area (Å²) >= 11 is 0. The summed E-state index contributed by atoms with van der Waals surface area (Å²) in [6.07, 6.45) is 18.2. The highest BCUT2D eigenvalue weighted by Gasteiger charge is 2.48. The molecule has 6 N–H and O–H groups in total. The molecule has 0 bridgehead atoms. The van der Waals surface area contributed by atoms with Crippen molar-refractivity contribution < 1.29 is 40.9 Å². The minimum atomic E-state index is -1.19. The maximum absolute atomic E-state index is 13.1. The first-order valence-corrected chi connectivity index (χ1v) is 22.4. The molecule has 4 fully saturated rings. The van der Waals surface area contributed by atoms with Gasteiger partial charge in [0.1, 0.15) is 12.1 Å². The zero-order valence-corrected chi connectivity index (χ0v) is 35.9. The first kappa shape index (κ1) is 46.2. The third-order valence-electron chi connectivity index (χ3n) is 13.7. The molecule has 320 valence electrons. The molecule has 0 spiro atoms. The van der Waals surface area contributed by atoms with Gasteiger partial charge in [-0.15, -0.1) is 0 Å². The summed E-state index contributed by atoms with van der Waals surface area (Å²) in [5.41, 5.74) is 11.6. The zero-order chi connectivity index (χ0) is 43.1. The van der Waals surface area contributed by atoms with Gasteiger partial charge in [-0.2, -0.15) is 0 Å². The van der Waals surface area contributed by atoms with E-state index in [2.05, 4.69) is 49.6 Å². The van der Waals surface area contributed by atoms with Crippen molar-refractivity contribution in [3.63, 3.8) is 0 Å². The summed E-state index contributed by atoms with van der Waals surface area (Å²) < 4.78 is 0. The lowest BCUT2D eigenvalue weighted by Gasteiger charge is -2.46. The number of ketones is 2. The van der Waals surface area contributed by atoms with Crippen LogP contribution in [0.1, 0.15) is 181 Å². The van der Waals surface area contributed by atoms with Crippen LogP contribution < -0.4 is 21.7 Å². The Kier molecular flexibility index (Phi) is 17.0. The molecule has 4 aromatic rings. The smallest absolute Gasteiger partial charge is 0.169 e. The highest BCUT2D eigenvalue weighted by atomic mass is 16.4. The summed E-state index contributed by atoms with van der Waals surface area (Å²) in [6.45, 7) is 4.19. The Morgan fingerprint density at radius 3 is 0.950 bits per heavy atom. The maximum atomic E-state index is 13.1. The molecular formula is C52H66N2O6. The molecule has 0 saturated heterocycles. The van der Waals surface area contributed by atoms with Crippen LogP contribution in [0.2, 0.25) is 0 Å². The lowest BCUT2D eigenvalue weighted by molar-refractivity contribution is -0.420. The number of carboxylic acid groups (broad SMARTS) is 2. The number of carbonyl (C=O) groups is 4. The van der Waals surface area contributed by atoms with Crippen LogP contribution in [-0.4, -0.2) is 23.5 Å². The van der Waals surface area contributed by atoms with Crippen LogP contribution in [-0.2, 0) is 0 Å². The minimum Gasteiger partial charge on any atom is -0.545 e. The van der Waals surface area contributed by atoms with Gasteiger partial charge in [-0.3, -0.25) is 9.59 Å². The van der Waals surface area contributed by atoms with Gasteiger partial charge in [-0.25, -0.2) is 0 Å². The molecule has 0 aliphatic heterocycles. The van der Waals surface area contributed by atoms with Gasteiger partial charge in [0.15, 0.2) is 11.6 Å². The summed E-state index contributed by atoms with van der Waals surface area (Å²) in [4.78, 5) is 47.8. The molecule has 0 radical (unpaired) electrons. The van der Waals surface area contributed by atoms with E-state index in [1.807, 2.05) is 36.4 Å². The van der Waals surface area contributed by atoms with E-state index in [1.165, 1.54) is 86.8 Å². The predicted molar refractivity (Wildman–Crippen MR) is 231 cm³/mol. The lowest BCUT2D eigenvalue weighted by Crippen LogP contribution is -2.51. The molecule has 4 aromatic carbocycles. The Bertz CT molecular complexity index is 1810. The number of carbonyl (C=O) groups excluding carboxylic acids is 4. The van der Waals surface area contributed by atoms with Gasteiger partial charge in [0, 0.05) is 33.1 Å². The van der Waals surface area contributed by atoms with Gasteiger partial charge in [0.05, 0.1) is 11.9 Å². The normalized spacial score (nSPS) is 24.0. The maximum Gasteiger partial charge on any atom is 0.169 e. The van der Waals surface area contributed by atoms with Gasteiger partial charge in [-0.05, 0) is 88.2 Å². The predicted octanol–water partition coefficient (Wildman–Crippen LogP) is 7.95. The van der Waals surface area contributed by atoms with Gasteiger partial charge in [0.25, 0.3) is 0 Å². The first-order valence-electron chi connectivity index (χ1n) is 22.4. The second kappa shape index (κ2) is 22.1. The van der Waals surface area contributed by atoms with Crippen molar-refractivity contribution in [1.82, 2.24) is 0 Å². The minimum absolute atomic E-state index is 0.132. The summed E-state index contributed by atoms with van der Waals surface area (Å²) in [7, 11) is 0. The Hall–Kier alpha value is -4.92. The fraction of sp³-hybridized carbons (Fsp3) is 0.462. The monoisotopic (exact) mass is 814 g/mol. The van der Waals surface area contributed by atoms with Crippen molar-refractivity contribution in [3.05, 3.63) is 143 Å². The standard InChI is InChI=1S/2C18H22O3.2C8H11N/c2*19-16(13-7-9-14(10-8-13)17(20)21)18-11-3-1-5-15(18)6-2-4-12-18;2*1-7(9)8-5-3-2-4-6-8/h2*7-10,15H,1-6,11-12H2,(H,20,21);2*2-7H,9H2,1H3/t;;2*7-/m..11/s1. The van der Waals surface area contributed by atoms with Crippen LogP contribution in [0.25, 0.3) is 0 Å². The third-order valence-corrected chi connectivity index (χ3v) is 13.7. The van der Waals surface area contributed by atoms with Gasteiger partial charge < -0.3 is 31.3 Å². The second-order valence-corrected chi connectivity index (χ2v) is 17.7. The number of benzene rings is 4.